The van der Waals surface area contributed by atoms with Crippen molar-refractivity contribution < 1.29 is 37.3 Å². The molecule has 0 aliphatic carbocycles. The highest BCUT2D eigenvalue weighted by Crippen LogP contribution is 2.43. The highest BCUT2D eigenvalue weighted by Gasteiger charge is 2.30. The third-order valence-corrected chi connectivity index (χ3v) is 15.6. The molecule has 0 aromatic rings. The second-order valence-electron chi connectivity index (χ2n) is 23.6. The zero-order valence-electron chi connectivity index (χ0n) is 52.6. The first-order valence-electron chi connectivity index (χ1n) is 33.3. The fraction of sp³-hybridized carbons (Fsp3) is 0.797. The molecule has 0 spiro atoms. The van der Waals surface area contributed by atoms with Crippen molar-refractivity contribution in [2.45, 2.75) is 315 Å². The first kappa shape index (κ1) is 76.5. The van der Waals surface area contributed by atoms with Gasteiger partial charge in [-0.3, -0.25) is 18.6 Å². The Balaban J connectivity index is 5.09. The largest absolute Gasteiger partial charge is 0.472 e. The van der Waals surface area contributed by atoms with E-state index in [-0.39, 0.29) is 31.5 Å². The first-order valence-corrected chi connectivity index (χ1v) is 34.8. The molecule has 1 amide bonds. The van der Waals surface area contributed by atoms with Crippen molar-refractivity contribution in [3.8, 4) is 0 Å². The zero-order chi connectivity index (χ0) is 57.9. The van der Waals surface area contributed by atoms with Crippen LogP contribution in [0.25, 0.3) is 0 Å². The van der Waals surface area contributed by atoms with Gasteiger partial charge in [0.1, 0.15) is 19.3 Å². The number of carbonyl (C=O) groups is 2. The molecular formula is C69H128N2O7P+. The molecule has 0 heterocycles. The molecule has 0 bridgehead atoms. The van der Waals surface area contributed by atoms with Gasteiger partial charge in [-0.15, -0.1) is 0 Å². The van der Waals surface area contributed by atoms with Crippen LogP contribution < -0.4 is 5.32 Å². The molecule has 0 aromatic carbocycles. The minimum Gasteiger partial charge on any atom is -0.456 e. The Morgan fingerprint density at radius 2 is 0.772 bits per heavy atom. The molecule has 2 N–H and O–H groups in total. The van der Waals surface area contributed by atoms with E-state index in [1.165, 1.54) is 180 Å². The number of likely N-dealkylation sites (N-methyl/N-ethyl adjacent to an activating group) is 1. The molecule has 0 radical (unpaired) electrons. The van der Waals surface area contributed by atoms with Crippen molar-refractivity contribution in [1.29, 1.82) is 0 Å². The topological polar surface area (TPSA) is 111 Å². The Morgan fingerprint density at radius 1 is 0.443 bits per heavy atom. The Labute approximate surface area is 489 Å². The van der Waals surface area contributed by atoms with E-state index in [1.807, 2.05) is 33.3 Å². The summed E-state index contributed by atoms with van der Waals surface area (Å²) < 4.78 is 30.7. The predicted octanol–water partition coefficient (Wildman–Crippen LogP) is 20.8. The van der Waals surface area contributed by atoms with Crippen LogP contribution in [-0.2, 0) is 27.9 Å². The normalized spacial score (nSPS) is 14.1. The summed E-state index contributed by atoms with van der Waals surface area (Å²) in [4.78, 5) is 37.8. The minimum absolute atomic E-state index is 0.0342. The summed E-state index contributed by atoms with van der Waals surface area (Å²) in [5.74, 6) is -0.525. The van der Waals surface area contributed by atoms with Crippen molar-refractivity contribution in [3.05, 3.63) is 72.9 Å². The van der Waals surface area contributed by atoms with Crippen molar-refractivity contribution in [3.63, 3.8) is 0 Å². The molecule has 0 fully saturated rings. The number of allylic oxidation sites excluding steroid dienone is 11. The Kier molecular flexibility index (Phi) is 56.7. The standard InChI is InChI=1S/C69H127N2O7P/c1-7-10-13-16-19-22-25-27-29-31-32-33-34-35-36-37-38-40-42-44-47-50-53-56-59-62-69(73)78-67(60-57-54-51-48-45-24-21-18-15-12-9-3)66(65-77-79(74,75)76-64-63-71(4,5)6)70-68(72)61-58-55-52-49-46-43-41-39-30-28-26-23-20-17-14-11-8-2/h19-20,22-23,27-30,41,43,57,60,66-67H,7-18,21,24-26,31-40,42,44-56,58-59,61-65H2,1-6H3,(H-,70,72,74,75)/p+1/b22-19-,23-20-,29-27-,30-28-,43-41-,60-57-. The summed E-state index contributed by atoms with van der Waals surface area (Å²) in [5, 5.41) is 3.05. The van der Waals surface area contributed by atoms with E-state index in [4.69, 9.17) is 13.8 Å². The van der Waals surface area contributed by atoms with Gasteiger partial charge in [0, 0.05) is 12.8 Å². The molecule has 3 atom stereocenters. The van der Waals surface area contributed by atoms with Gasteiger partial charge >= 0.3 is 13.8 Å². The number of hydrogen-bond donors (Lipinski definition) is 2. The second-order valence-corrected chi connectivity index (χ2v) is 25.1. The van der Waals surface area contributed by atoms with Crippen LogP contribution >= 0.6 is 7.82 Å². The molecule has 10 heteroatoms. The van der Waals surface area contributed by atoms with E-state index in [0.717, 1.165) is 89.9 Å². The number of quaternary nitrogens is 1. The van der Waals surface area contributed by atoms with E-state index < -0.39 is 20.0 Å². The quantitative estimate of drug-likeness (QED) is 0.0205. The number of nitrogens with one attached hydrogen (secondary N) is 1. The van der Waals surface area contributed by atoms with Crippen LogP contribution in [0.4, 0.5) is 0 Å². The number of rotatable bonds is 60. The predicted molar refractivity (Wildman–Crippen MR) is 341 cm³/mol. The van der Waals surface area contributed by atoms with Gasteiger partial charge in [-0.05, 0) is 102 Å². The molecule has 0 aliphatic heterocycles. The number of esters is 1. The number of phosphoric ester groups is 1. The lowest BCUT2D eigenvalue weighted by Gasteiger charge is -2.27. The molecule has 0 saturated heterocycles. The van der Waals surface area contributed by atoms with E-state index in [9.17, 15) is 19.0 Å². The Hall–Kier alpha value is -2.55. The van der Waals surface area contributed by atoms with Gasteiger partial charge in [-0.2, -0.15) is 0 Å². The Bertz CT molecular complexity index is 1580. The maximum absolute atomic E-state index is 13.5. The summed E-state index contributed by atoms with van der Waals surface area (Å²) in [6, 6.07) is -0.862. The number of ether oxygens (including phenoxy) is 1. The second kappa shape index (κ2) is 58.6. The van der Waals surface area contributed by atoms with Crippen LogP contribution in [0.15, 0.2) is 72.9 Å². The molecular weight excluding hydrogens is 1000 g/mol. The summed E-state index contributed by atoms with van der Waals surface area (Å²) >= 11 is 0. The molecule has 79 heavy (non-hydrogen) atoms. The number of amides is 1. The lowest BCUT2D eigenvalue weighted by Crippen LogP contribution is -2.47. The smallest absolute Gasteiger partial charge is 0.456 e. The van der Waals surface area contributed by atoms with Gasteiger partial charge in [-0.25, -0.2) is 4.57 Å². The van der Waals surface area contributed by atoms with Crippen molar-refractivity contribution in [2.24, 2.45) is 0 Å². The summed E-state index contributed by atoms with van der Waals surface area (Å²) in [6.45, 7) is 6.96. The molecule has 3 unspecified atom stereocenters. The minimum atomic E-state index is -4.46. The van der Waals surface area contributed by atoms with Crippen LogP contribution in [0.5, 0.6) is 0 Å². The fourth-order valence-corrected chi connectivity index (χ4v) is 10.2. The van der Waals surface area contributed by atoms with Crippen LogP contribution in [-0.4, -0.2) is 74.3 Å². The van der Waals surface area contributed by atoms with E-state index in [2.05, 4.69) is 86.8 Å². The van der Waals surface area contributed by atoms with Crippen molar-refractivity contribution >= 4 is 19.7 Å². The third-order valence-electron chi connectivity index (χ3n) is 14.6. The Morgan fingerprint density at radius 3 is 1.18 bits per heavy atom. The van der Waals surface area contributed by atoms with Gasteiger partial charge in [0.05, 0.1) is 33.8 Å². The van der Waals surface area contributed by atoms with Gasteiger partial charge in [0.2, 0.25) is 5.91 Å². The van der Waals surface area contributed by atoms with E-state index in [0.29, 0.717) is 17.4 Å². The van der Waals surface area contributed by atoms with E-state index >= 15 is 0 Å². The zero-order valence-corrected chi connectivity index (χ0v) is 53.5. The van der Waals surface area contributed by atoms with Crippen LogP contribution in [0.1, 0.15) is 303 Å². The third kappa shape index (κ3) is 59.9. The van der Waals surface area contributed by atoms with Gasteiger partial charge in [0.25, 0.3) is 0 Å². The lowest BCUT2D eigenvalue weighted by atomic mass is 10.0. The molecule has 9 nitrogen and oxygen atoms in total. The van der Waals surface area contributed by atoms with Crippen LogP contribution in [0.3, 0.4) is 0 Å². The number of phosphoric acid groups is 1. The van der Waals surface area contributed by atoms with E-state index in [1.54, 1.807) is 0 Å². The lowest BCUT2D eigenvalue weighted by molar-refractivity contribution is -0.870. The number of carbonyl (C=O) groups excluding carboxylic acids is 2. The SMILES string of the molecule is CCCCC/C=C\C/C=C\C/C=C\CCCCCCC(=O)NC(COP(=O)(O)OCC[N+](C)(C)C)C(/C=C\CCCCCCCCCCC)OC(=O)CCCCCCCCCCCCCCCCC/C=C\C/C=C\CCCCC. The fourth-order valence-electron chi connectivity index (χ4n) is 9.45. The molecule has 460 valence electrons. The highest BCUT2D eigenvalue weighted by atomic mass is 31.2. The molecule has 0 aromatic heterocycles. The number of unbranched alkanes of at least 4 members (excludes halogenated alkanes) is 34. The summed E-state index contributed by atoms with van der Waals surface area (Å²) in [6.07, 6.45) is 76.2. The maximum Gasteiger partial charge on any atom is 0.472 e. The monoisotopic (exact) mass is 1130 g/mol. The average Bonchev–Trinajstić information content (AvgIpc) is 3.41. The molecule has 0 saturated carbocycles. The average molecular weight is 1130 g/mol. The molecule has 0 aliphatic rings. The van der Waals surface area contributed by atoms with Crippen molar-refractivity contribution in [1.82, 2.24) is 5.32 Å². The molecule has 0 rings (SSSR count). The van der Waals surface area contributed by atoms with Gasteiger partial charge < -0.3 is 19.4 Å². The highest BCUT2D eigenvalue weighted by molar-refractivity contribution is 7.47. The maximum atomic E-state index is 13.5. The number of nitrogens with zero attached hydrogens (tertiary/aromatic N) is 1. The summed E-state index contributed by atoms with van der Waals surface area (Å²) in [5.41, 5.74) is 0. The van der Waals surface area contributed by atoms with Crippen LogP contribution in [0, 0.1) is 0 Å². The van der Waals surface area contributed by atoms with Crippen molar-refractivity contribution in [2.75, 3.05) is 40.9 Å². The van der Waals surface area contributed by atoms with Crippen LogP contribution in [0.2, 0.25) is 0 Å². The van der Waals surface area contributed by atoms with Gasteiger partial charge in [0.15, 0.2) is 0 Å². The summed E-state index contributed by atoms with van der Waals surface area (Å²) in [7, 11) is 1.48. The van der Waals surface area contributed by atoms with Gasteiger partial charge in [-0.1, -0.05) is 261 Å². The number of hydrogen-bond acceptors (Lipinski definition) is 6. The first-order chi connectivity index (χ1) is 38.4.